The van der Waals surface area contributed by atoms with Crippen LogP contribution in [0.5, 0.6) is 11.5 Å². The number of nitrogens with one attached hydrogen (secondary N) is 1. The number of carbonyl (C=O) groups excluding carboxylic acids is 1. The van der Waals surface area contributed by atoms with Crippen LogP contribution in [0.25, 0.3) is 0 Å². The summed E-state index contributed by atoms with van der Waals surface area (Å²) in [5, 5.41) is 2.58. The molecular weight excluding hydrogens is 281 g/mol. The lowest BCUT2D eigenvalue weighted by molar-refractivity contribution is -0.148. The third-order valence-electron chi connectivity index (χ3n) is 2.31. The highest BCUT2D eigenvalue weighted by Gasteiger charge is 2.18. The summed E-state index contributed by atoms with van der Waals surface area (Å²) >= 11 is 0. The Morgan fingerprint density at radius 3 is 2.35 bits per heavy atom. The molecule has 7 heteroatoms. The van der Waals surface area contributed by atoms with Crippen molar-refractivity contribution in [2.45, 2.75) is 32.9 Å². The third-order valence-corrected chi connectivity index (χ3v) is 3.39. The number of benzene rings is 1. The first-order valence-electron chi connectivity index (χ1n) is 6.26. The zero-order chi connectivity index (χ0) is 15.1. The molecule has 2 atom stereocenters. The van der Waals surface area contributed by atoms with E-state index >= 15 is 0 Å². The van der Waals surface area contributed by atoms with Crippen LogP contribution in [-0.2, 0) is 14.1 Å². The van der Waals surface area contributed by atoms with Gasteiger partial charge in [-0.3, -0.25) is 9.36 Å². The van der Waals surface area contributed by atoms with Crippen molar-refractivity contribution in [2.75, 3.05) is 7.11 Å². The molecule has 0 bridgehead atoms. The van der Waals surface area contributed by atoms with Crippen molar-refractivity contribution in [2.24, 2.45) is 0 Å². The van der Waals surface area contributed by atoms with Crippen LogP contribution in [0.2, 0.25) is 0 Å². The zero-order valence-electron chi connectivity index (χ0n) is 12.0. The molecule has 0 aliphatic carbocycles. The molecule has 1 aromatic carbocycles. The lowest BCUT2D eigenvalue weighted by atomic mass is 10.3. The summed E-state index contributed by atoms with van der Waals surface area (Å²) in [6, 6.07) is 6.14. The van der Waals surface area contributed by atoms with Gasteiger partial charge in [-0.15, -0.1) is 0 Å². The van der Waals surface area contributed by atoms with Crippen molar-refractivity contribution in [3.8, 4) is 11.5 Å². The number of ether oxygens (including phenoxy) is 2. The third kappa shape index (κ3) is 5.23. The van der Waals surface area contributed by atoms with E-state index < -0.39 is 20.2 Å². The smallest absolute Gasteiger partial charge is 0.323 e. The molecule has 0 saturated heterocycles. The average Bonchev–Trinajstić information content (AvgIpc) is 2.38. The molecule has 0 heterocycles. The van der Waals surface area contributed by atoms with Crippen LogP contribution < -0.4 is 14.3 Å². The molecule has 0 saturated carbocycles. The highest BCUT2D eigenvalue weighted by Crippen LogP contribution is 2.32. The van der Waals surface area contributed by atoms with Crippen molar-refractivity contribution in [3.63, 3.8) is 0 Å². The SMILES string of the molecule is COc1ccccc1O[PH](=O)N[C@@H](C)C(=O)OC(C)C. The lowest BCUT2D eigenvalue weighted by Crippen LogP contribution is -2.33. The molecule has 1 rings (SSSR count). The zero-order valence-corrected chi connectivity index (χ0v) is 13.0. The van der Waals surface area contributed by atoms with Gasteiger partial charge < -0.3 is 14.0 Å². The monoisotopic (exact) mass is 301 g/mol. The van der Waals surface area contributed by atoms with E-state index in [1.807, 2.05) is 0 Å². The molecule has 0 radical (unpaired) electrons. The Kier molecular flexibility index (Phi) is 6.55. The standard InChI is InChI=1S/C13H20NO5P/c1-9(2)18-13(15)10(3)14-20(16)19-12-8-6-5-7-11(12)17-4/h5-10,20H,1-4H3,(H,14,16)/t10-/m0/s1. The van der Waals surface area contributed by atoms with Gasteiger partial charge in [0, 0.05) is 0 Å². The van der Waals surface area contributed by atoms with Crippen molar-refractivity contribution in [1.29, 1.82) is 0 Å². The number of carbonyl (C=O) groups is 1. The Morgan fingerprint density at radius 1 is 1.20 bits per heavy atom. The van der Waals surface area contributed by atoms with Gasteiger partial charge in [0.1, 0.15) is 6.04 Å². The molecule has 6 nitrogen and oxygen atoms in total. The van der Waals surface area contributed by atoms with Gasteiger partial charge in [0.05, 0.1) is 13.2 Å². The Hall–Kier alpha value is -1.52. The second kappa shape index (κ2) is 7.92. The van der Waals surface area contributed by atoms with Crippen LogP contribution >= 0.6 is 8.18 Å². The maximum absolute atomic E-state index is 11.9. The number of hydrogen-bond donors (Lipinski definition) is 1. The summed E-state index contributed by atoms with van der Waals surface area (Å²) < 4.78 is 27.2. The van der Waals surface area contributed by atoms with Gasteiger partial charge in [-0.05, 0) is 32.9 Å². The molecular formula is C13H20NO5P. The van der Waals surface area contributed by atoms with E-state index in [2.05, 4.69) is 5.09 Å². The Labute approximate surface area is 119 Å². The van der Waals surface area contributed by atoms with Crippen LogP contribution in [-0.4, -0.2) is 25.2 Å². The number of hydrogen-bond acceptors (Lipinski definition) is 5. The Morgan fingerprint density at radius 2 is 1.80 bits per heavy atom. The molecule has 0 aliphatic heterocycles. The fraction of sp³-hybridized carbons (Fsp3) is 0.462. The van der Waals surface area contributed by atoms with E-state index in [1.165, 1.54) is 7.11 Å². The molecule has 1 aromatic rings. The second-order valence-electron chi connectivity index (χ2n) is 4.39. The minimum atomic E-state index is -2.63. The first-order valence-corrected chi connectivity index (χ1v) is 7.57. The maximum Gasteiger partial charge on any atom is 0.323 e. The molecule has 0 aliphatic rings. The summed E-state index contributed by atoms with van der Waals surface area (Å²) in [5.41, 5.74) is 0. The normalized spacial score (nSPS) is 13.7. The van der Waals surface area contributed by atoms with Crippen LogP contribution in [0.3, 0.4) is 0 Å². The summed E-state index contributed by atoms with van der Waals surface area (Å²) in [4.78, 5) is 11.6. The molecule has 112 valence electrons. The molecule has 20 heavy (non-hydrogen) atoms. The van der Waals surface area contributed by atoms with Gasteiger partial charge in [0.2, 0.25) is 0 Å². The van der Waals surface area contributed by atoms with Crippen LogP contribution in [0.15, 0.2) is 24.3 Å². The lowest BCUT2D eigenvalue weighted by Gasteiger charge is -2.16. The van der Waals surface area contributed by atoms with Gasteiger partial charge >= 0.3 is 14.1 Å². The van der Waals surface area contributed by atoms with Crippen LogP contribution in [0, 0.1) is 0 Å². The Bertz CT molecular complexity index is 478. The molecule has 0 spiro atoms. The van der Waals surface area contributed by atoms with Crippen LogP contribution in [0.1, 0.15) is 20.8 Å². The van der Waals surface area contributed by atoms with Gasteiger partial charge in [0.15, 0.2) is 11.5 Å². The van der Waals surface area contributed by atoms with E-state index in [-0.39, 0.29) is 6.10 Å². The fourth-order valence-corrected chi connectivity index (χ4v) is 2.30. The van der Waals surface area contributed by atoms with E-state index in [0.717, 1.165) is 0 Å². The summed E-state index contributed by atoms with van der Waals surface area (Å²) in [6.45, 7) is 5.07. The summed E-state index contributed by atoms with van der Waals surface area (Å²) in [5.74, 6) is 0.364. The van der Waals surface area contributed by atoms with Gasteiger partial charge in [-0.1, -0.05) is 12.1 Å². The number of para-hydroxylation sites is 2. The van der Waals surface area contributed by atoms with Gasteiger partial charge in [-0.2, -0.15) is 0 Å². The molecule has 1 unspecified atom stereocenters. The van der Waals surface area contributed by atoms with E-state index in [9.17, 15) is 9.36 Å². The molecule has 0 fully saturated rings. The van der Waals surface area contributed by atoms with Crippen LogP contribution in [0.4, 0.5) is 0 Å². The highest BCUT2D eigenvalue weighted by atomic mass is 31.1. The quantitative estimate of drug-likeness (QED) is 0.616. The predicted molar refractivity (Wildman–Crippen MR) is 76.4 cm³/mol. The molecule has 0 amide bonds. The second-order valence-corrected chi connectivity index (χ2v) is 5.46. The van der Waals surface area contributed by atoms with Gasteiger partial charge in [0.25, 0.3) is 0 Å². The largest absolute Gasteiger partial charge is 0.493 e. The average molecular weight is 301 g/mol. The first kappa shape index (κ1) is 16.5. The highest BCUT2D eigenvalue weighted by molar-refractivity contribution is 7.37. The fourth-order valence-electron chi connectivity index (χ4n) is 1.40. The maximum atomic E-state index is 11.9. The number of rotatable bonds is 7. The van der Waals surface area contributed by atoms with Crippen molar-refractivity contribution in [1.82, 2.24) is 5.09 Å². The van der Waals surface area contributed by atoms with Gasteiger partial charge in [-0.25, -0.2) is 5.09 Å². The van der Waals surface area contributed by atoms with E-state index in [1.54, 1.807) is 45.0 Å². The number of methoxy groups -OCH3 is 1. The van der Waals surface area contributed by atoms with E-state index in [4.69, 9.17) is 14.0 Å². The van der Waals surface area contributed by atoms with Crippen molar-refractivity contribution < 1.29 is 23.4 Å². The minimum Gasteiger partial charge on any atom is -0.493 e. The summed E-state index contributed by atoms with van der Waals surface area (Å²) in [7, 11) is -1.14. The van der Waals surface area contributed by atoms with Crippen molar-refractivity contribution in [3.05, 3.63) is 24.3 Å². The molecule has 1 N–H and O–H groups in total. The minimum absolute atomic E-state index is 0.218. The topological polar surface area (TPSA) is 73.9 Å². The first-order chi connectivity index (χ1) is 9.43. The molecule has 0 aromatic heterocycles. The Balaban J connectivity index is 2.57. The number of esters is 1. The predicted octanol–water partition coefficient (Wildman–Crippen LogP) is 2.39. The van der Waals surface area contributed by atoms with Crippen molar-refractivity contribution >= 4 is 14.1 Å². The summed E-state index contributed by atoms with van der Waals surface area (Å²) in [6.07, 6.45) is -0.218. The van der Waals surface area contributed by atoms with E-state index in [0.29, 0.717) is 11.5 Å².